The van der Waals surface area contributed by atoms with Crippen LogP contribution in [0.3, 0.4) is 0 Å². The molecule has 0 radical (unpaired) electrons. The largest absolute Gasteiger partial charge is 0.464 e. The predicted molar refractivity (Wildman–Crippen MR) is 67.5 cm³/mol. The number of rotatable bonds is 2. The molecule has 1 fully saturated rings. The lowest BCUT2D eigenvalue weighted by molar-refractivity contribution is -0.156. The lowest BCUT2D eigenvalue weighted by Gasteiger charge is -2.38. The van der Waals surface area contributed by atoms with E-state index in [1.165, 1.54) is 0 Å². The maximum absolute atomic E-state index is 13.5. The maximum atomic E-state index is 13.5. The SMILES string of the molecule is CCOC(=O)C1CCC(F)(F)CN1C(=O)OC(C)(C)C. The van der Waals surface area contributed by atoms with E-state index in [0.29, 0.717) is 0 Å². The number of nitrogens with zero attached hydrogens (tertiary/aromatic N) is 1. The fraction of sp³-hybridized carbons (Fsp3) is 0.846. The quantitative estimate of drug-likeness (QED) is 0.734. The second-order valence-electron chi connectivity index (χ2n) is 5.77. The van der Waals surface area contributed by atoms with E-state index in [-0.39, 0.29) is 13.0 Å². The van der Waals surface area contributed by atoms with Crippen LogP contribution in [0.25, 0.3) is 0 Å². The normalized spacial score (nSPS) is 22.3. The van der Waals surface area contributed by atoms with Gasteiger partial charge in [0.05, 0.1) is 13.2 Å². The molecule has 0 spiro atoms. The lowest BCUT2D eigenvalue weighted by atomic mass is 10.00. The number of amides is 1. The van der Waals surface area contributed by atoms with E-state index in [0.717, 1.165) is 4.90 Å². The first-order valence-electron chi connectivity index (χ1n) is 6.60. The summed E-state index contributed by atoms with van der Waals surface area (Å²) in [6.07, 6.45) is -1.50. The monoisotopic (exact) mass is 293 g/mol. The summed E-state index contributed by atoms with van der Waals surface area (Å²) in [5, 5.41) is 0. The van der Waals surface area contributed by atoms with Gasteiger partial charge in [0.25, 0.3) is 5.92 Å². The van der Waals surface area contributed by atoms with Gasteiger partial charge in [0.15, 0.2) is 0 Å². The highest BCUT2D eigenvalue weighted by atomic mass is 19.3. The number of ether oxygens (including phenoxy) is 2. The van der Waals surface area contributed by atoms with Crippen LogP contribution in [0.4, 0.5) is 13.6 Å². The highest BCUT2D eigenvalue weighted by Crippen LogP contribution is 2.31. The molecule has 1 aliphatic heterocycles. The Kier molecular flexibility index (Phi) is 4.94. The van der Waals surface area contributed by atoms with Crippen molar-refractivity contribution < 1.29 is 27.8 Å². The summed E-state index contributed by atoms with van der Waals surface area (Å²) in [5.74, 6) is -3.69. The van der Waals surface area contributed by atoms with Gasteiger partial charge in [-0.3, -0.25) is 4.90 Å². The third-order valence-corrected chi connectivity index (χ3v) is 2.75. The molecule has 116 valence electrons. The summed E-state index contributed by atoms with van der Waals surface area (Å²) in [6.45, 7) is 5.82. The highest BCUT2D eigenvalue weighted by molar-refractivity contribution is 5.82. The third-order valence-electron chi connectivity index (χ3n) is 2.75. The summed E-state index contributed by atoms with van der Waals surface area (Å²) in [7, 11) is 0. The fourth-order valence-corrected chi connectivity index (χ4v) is 1.94. The minimum atomic E-state index is -3.01. The van der Waals surface area contributed by atoms with Gasteiger partial charge in [0.1, 0.15) is 11.6 Å². The van der Waals surface area contributed by atoms with Gasteiger partial charge >= 0.3 is 12.1 Å². The topological polar surface area (TPSA) is 55.8 Å². The number of hydrogen-bond donors (Lipinski definition) is 0. The molecule has 0 saturated carbocycles. The molecule has 1 atom stereocenters. The van der Waals surface area contributed by atoms with Crippen LogP contribution in [-0.2, 0) is 14.3 Å². The number of alkyl halides is 2. The number of hydrogen-bond acceptors (Lipinski definition) is 4. The molecule has 0 N–H and O–H groups in total. The second-order valence-corrected chi connectivity index (χ2v) is 5.77. The summed E-state index contributed by atoms with van der Waals surface area (Å²) in [5.41, 5.74) is -0.816. The van der Waals surface area contributed by atoms with E-state index >= 15 is 0 Å². The van der Waals surface area contributed by atoms with Gasteiger partial charge in [-0.1, -0.05) is 0 Å². The number of esters is 1. The molecule has 0 bridgehead atoms. The molecule has 1 saturated heterocycles. The zero-order chi connectivity index (χ0) is 15.6. The Morgan fingerprint density at radius 3 is 2.45 bits per heavy atom. The lowest BCUT2D eigenvalue weighted by Crippen LogP contribution is -2.55. The van der Waals surface area contributed by atoms with Crippen LogP contribution >= 0.6 is 0 Å². The zero-order valence-electron chi connectivity index (χ0n) is 12.2. The highest BCUT2D eigenvalue weighted by Gasteiger charge is 2.46. The Morgan fingerprint density at radius 2 is 1.95 bits per heavy atom. The summed E-state index contributed by atoms with van der Waals surface area (Å²) >= 11 is 0. The van der Waals surface area contributed by atoms with Crippen LogP contribution in [0.5, 0.6) is 0 Å². The molecule has 1 aliphatic rings. The second kappa shape index (κ2) is 5.93. The van der Waals surface area contributed by atoms with Gasteiger partial charge in [-0.2, -0.15) is 0 Å². The summed E-state index contributed by atoms with van der Waals surface area (Å²) < 4.78 is 36.8. The van der Waals surface area contributed by atoms with Crippen molar-refractivity contribution in [1.82, 2.24) is 4.90 Å². The molecule has 7 heteroatoms. The molecule has 20 heavy (non-hydrogen) atoms. The van der Waals surface area contributed by atoms with E-state index < -0.39 is 42.6 Å². The fourth-order valence-electron chi connectivity index (χ4n) is 1.94. The average Bonchev–Trinajstić information content (AvgIpc) is 2.25. The first-order chi connectivity index (χ1) is 9.06. The van der Waals surface area contributed by atoms with Gasteiger partial charge in [0, 0.05) is 6.42 Å². The Labute approximate surface area is 117 Å². The van der Waals surface area contributed by atoms with Crippen LogP contribution in [0.2, 0.25) is 0 Å². The molecule has 1 rings (SSSR count). The van der Waals surface area contributed by atoms with Crippen LogP contribution in [0.15, 0.2) is 0 Å². The van der Waals surface area contributed by atoms with Crippen LogP contribution in [-0.4, -0.2) is 47.7 Å². The summed E-state index contributed by atoms with van der Waals surface area (Å²) in [6, 6.07) is -1.01. The smallest absolute Gasteiger partial charge is 0.411 e. The van der Waals surface area contributed by atoms with E-state index in [1.54, 1.807) is 27.7 Å². The average molecular weight is 293 g/mol. The van der Waals surface area contributed by atoms with Crippen LogP contribution in [0.1, 0.15) is 40.5 Å². The molecule has 1 amide bonds. The maximum Gasteiger partial charge on any atom is 0.411 e. The van der Waals surface area contributed by atoms with Crippen molar-refractivity contribution in [2.75, 3.05) is 13.2 Å². The number of carbonyl (C=O) groups is 2. The van der Waals surface area contributed by atoms with Gasteiger partial charge in [0.2, 0.25) is 0 Å². The van der Waals surface area contributed by atoms with Crippen molar-refractivity contribution >= 4 is 12.1 Å². The molecule has 0 aromatic carbocycles. The Morgan fingerprint density at radius 1 is 1.35 bits per heavy atom. The molecule has 1 heterocycles. The molecule has 5 nitrogen and oxygen atoms in total. The number of piperidine rings is 1. The van der Waals surface area contributed by atoms with Crippen molar-refractivity contribution in [2.45, 2.75) is 58.1 Å². The van der Waals surface area contributed by atoms with Gasteiger partial charge < -0.3 is 9.47 Å². The van der Waals surface area contributed by atoms with E-state index in [9.17, 15) is 18.4 Å². The van der Waals surface area contributed by atoms with Gasteiger partial charge in [-0.25, -0.2) is 18.4 Å². The minimum Gasteiger partial charge on any atom is -0.464 e. The Hall–Kier alpha value is -1.40. The molecule has 0 aromatic heterocycles. The minimum absolute atomic E-state index is 0.133. The van der Waals surface area contributed by atoms with Gasteiger partial charge in [-0.05, 0) is 34.1 Å². The standard InChI is InChI=1S/C13H21F2NO4/c1-5-19-10(17)9-6-7-13(14,15)8-16(9)11(18)20-12(2,3)4/h9H,5-8H2,1-4H3. The predicted octanol–water partition coefficient (Wildman–Crippen LogP) is 2.58. The first-order valence-corrected chi connectivity index (χ1v) is 6.60. The van der Waals surface area contributed by atoms with E-state index in [2.05, 4.69) is 0 Å². The molecule has 0 aliphatic carbocycles. The molecule has 1 unspecified atom stereocenters. The Balaban J connectivity index is 2.87. The van der Waals surface area contributed by atoms with Gasteiger partial charge in [-0.15, -0.1) is 0 Å². The van der Waals surface area contributed by atoms with Crippen molar-refractivity contribution in [3.63, 3.8) is 0 Å². The molecular formula is C13H21F2NO4. The van der Waals surface area contributed by atoms with Crippen LogP contribution < -0.4 is 0 Å². The van der Waals surface area contributed by atoms with E-state index in [4.69, 9.17) is 9.47 Å². The number of likely N-dealkylation sites (tertiary alicyclic amines) is 1. The number of carbonyl (C=O) groups excluding carboxylic acids is 2. The Bertz CT molecular complexity index is 379. The van der Waals surface area contributed by atoms with Crippen molar-refractivity contribution in [3.8, 4) is 0 Å². The third kappa shape index (κ3) is 4.61. The first kappa shape index (κ1) is 16.7. The van der Waals surface area contributed by atoms with Crippen LogP contribution in [0, 0.1) is 0 Å². The summed E-state index contributed by atoms with van der Waals surface area (Å²) in [4.78, 5) is 24.5. The van der Waals surface area contributed by atoms with Crippen molar-refractivity contribution in [3.05, 3.63) is 0 Å². The van der Waals surface area contributed by atoms with E-state index in [1.807, 2.05) is 0 Å². The molecular weight excluding hydrogens is 272 g/mol. The number of halogens is 2. The molecule has 0 aromatic rings. The van der Waals surface area contributed by atoms with Crippen molar-refractivity contribution in [1.29, 1.82) is 0 Å². The zero-order valence-corrected chi connectivity index (χ0v) is 12.2. The van der Waals surface area contributed by atoms with Crippen molar-refractivity contribution in [2.24, 2.45) is 0 Å².